The molecule has 0 saturated heterocycles. The van der Waals surface area contributed by atoms with Gasteiger partial charge < -0.3 is 10.4 Å². The summed E-state index contributed by atoms with van der Waals surface area (Å²) in [4.78, 5) is 22.2. The van der Waals surface area contributed by atoms with E-state index in [4.69, 9.17) is 0 Å². The Hall–Kier alpha value is -3.49. The van der Waals surface area contributed by atoms with E-state index in [2.05, 4.69) is 20.3 Å². The van der Waals surface area contributed by atoms with Crippen molar-refractivity contribution in [3.63, 3.8) is 0 Å². The third-order valence-electron chi connectivity index (χ3n) is 3.49. The highest BCUT2D eigenvalue weighted by atomic mass is 16.6. The minimum atomic E-state index is -1.12. The Morgan fingerprint density at radius 2 is 2.00 bits per heavy atom. The Bertz CT molecular complexity index is 893. The van der Waals surface area contributed by atoms with Crippen molar-refractivity contribution in [1.29, 1.82) is 0 Å². The van der Waals surface area contributed by atoms with Gasteiger partial charge in [0.1, 0.15) is 17.2 Å². The van der Waals surface area contributed by atoms with Gasteiger partial charge in [-0.3, -0.25) is 10.1 Å². The summed E-state index contributed by atoms with van der Waals surface area (Å²) in [6.07, 6.45) is 0.169. The molecule has 122 valence electrons. The highest BCUT2D eigenvalue weighted by molar-refractivity contribution is 5.92. The van der Waals surface area contributed by atoms with Gasteiger partial charge in [0, 0.05) is 6.42 Å². The third kappa shape index (κ3) is 3.00. The summed E-state index contributed by atoms with van der Waals surface area (Å²) in [5, 5.41) is 30.6. The Labute approximate surface area is 135 Å². The lowest BCUT2D eigenvalue weighted by molar-refractivity contribution is -0.382. The molecule has 0 spiro atoms. The van der Waals surface area contributed by atoms with Crippen LogP contribution in [0.15, 0.2) is 47.1 Å². The zero-order valence-electron chi connectivity index (χ0n) is 12.2. The van der Waals surface area contributed by atoms with Crippen LogP contribution < -0.4 is 5.32 Å². The monoisotopic (exact) mass is 328 g/mol. The number of nitrogens with zero attached hydrogens (tertiary/aromatic N) is 3. The van der Waals surface area contributed by atoms with Gasteiger partial charge >= 0.3 is 11.7 Å². The van der Waals surface area contributed by atoms with E-state index >= 15 is 0 Å². The minimum Gasteiger partial charge on any atom is -0.480 e. The van der Waals surface area contributed by atoms with Crippen molar-refractivity contribution in [2.75, 3.05) is 5.32 Å². The lowest BCUT2D eigenvalue weighted by atomic mass is 10.1. The molecule has 0 saturated carbocycles. The number of aromatic nitrogens is 2. The smallest absolute Gasteiger partial charge is 0.326 e. The highest BCUT2D eigenvalue weighted by Crippen LogP contribution is 2.32. The quantitative estimate of drug-likeness (QED) is 0.520. The molecular weight excluding hydrogens is 316 g/mol. The SMILES string of the molecule is O=C(O)C(Cc1ccccc1)Nc1ccc2nonc2c1[N+](=O)[O-]. The number of nitrogens with one attached hydrogen (secondary N) is 1. The van der Waals surface area contributed by atoms with Gasteiger partial charge in [-0.25, -0.2) is 9.42 Å². The second-order valence-corrected chi connectivity index (χ2v) is 5.08. The molecular formula is C15H12N4O5. The molecule has 0 aliphatic heterocycles. The maximum atomic E-state index is 11.5. The molecule has 9 nitrogen and oxygen atoms in total. The number of fused-ring (bicyclic) bond motifs is 1. The van der Waals surface area contributed by atoms with E-state index in [1.54, 1.807) is 24.3 Å². The van der Waals surface area contributed by atoms with Crippen molar-refractivity contribution < 1.29 is 19.5 Å². The fraction of sp³-hybridized carbons (Fsp3) is 0.133. The number of hydrogen-bond donors (Lipinski definition) is 2. The molecule has 1 unspecified atom stereocenters. The zero-order chi connectivity index (χ0) is 17.1. The number of nitro groups is 1. The van der Waals surface area contributed by atoms with Crippen LogP contribution in [0.5, 0.6) is 0 Å². The van der Waals surface area contributed by atoms with Crippen LogP contribution in [0.25, 0.3) is 11.0 Å². The molecule has 0 aliphatic carbocycles. The predicted molar refractivity (Wildman–Crippen MR) is 83.7 cm³/mol. The summed E-state index contributed by atoms with van der Waals surface area (Å²) < 4.78 is 4.51. The van der Waals surface area contributed by atoms with Gasteiger partial charge in [0.15, 0.2) is 0 Å². The van der Waals surface area contributed by atoms with Crippen LogP contribution >= 0.6 is 0 Å². The van der Waals surface area contributed by atoms with Crippen LogP contribution in [0.2, 0.25) is 0 Å². The van der Waals surface area contributed by atoms with Crippen LogP contribution in [0.3, 0.4) is 0 Å². The zero-order valence-corrected chi connectivity index (χ0v) is 12.2. The van der Waals surface area contributed by atoms with Crippen LogP contribution in [0.1, 0.15) is 5.56 Å². The Balaban J connectivity index is 1.95. The summed E-state index contributed by atoms with van der Waals surface area (Å²) in [7, 11) is 0. The maximum absolute atomic E-state index is 11.5. The average Bonchev–Trinajstić information content (AvgIpc) is 3.03. The number of carbonyl (C=O) groups is 1. The van der Waals surface area contributed by atoms with Crippen LogP contribution in [-0.4, -0.2) is 32.4 Å². The van der Waals surface area contributed by atoms with Gasteiger partial charge in [-0.2, -0.15) is 0 Å². The molecule has 9 heteroatoms. The Morgan fingerprint density at radius 3 is 2.67 bits per heavy atom. The molecule has 0 aliphatic rings. The minimum absolute atomic E-state index is 0.0335. The fourth-order valence-electron chi connectivity index (χ4n) is 2.38. The van der Waals surface area contributed by atoms with Crippen molar-refractivity contribution in [3.8, 4) is 0 Å². The fourth-order valence-corrected chi connectivity index (χ4v) is 2.38. The molecule has 2 aromatic carbocycles. The molecule has 1 aromatic heterocycles. The summed E-state index contributed by atoms with van der Waals surface area (Å²) in [5.41, 5.74) is 0.667. The lowest BCUT2D eigenvalue weighted by Crippen LogP contribution is -2.31. The van der Waals surface area contributed by atoms with Crippen molar-refractivity contribution in [3.05, 3.63) is 58.1 Å². The number of nitro benzene ring substituents is 1. The van der Waals surface area contributed by atoms with E-state index in [0.717, 1.165) is 5.56 Å². The van der Waals surface area contributed by atoms with Crippen molar-refractivity contribution >= 4 is 28.4 Å². The van der Waals surface area contributed by atoms with E-state index in [9.17, 15) is 20.0 Å². The number of aliphatic carboxylic acids is 1. The standard InChI is InChI=1S/C15H12N4O5/c20-15(21)12(8-9-4-2-1-3-5-9)16-11-7-6-10-13(18-24-17-10)14(11)19(22)23/h1-7,12,16H,8H2,(H,20,21). The van der Waals surface area contributed by atoms with E-state index in [1.807, 2.05) is 6.07 Å². The summed E-state index contributed by atoms with van der Waals surface area (Å²) in [6.45, 7) is 0. The molecule has 0 fully saturated rings. The second-order valence-electron chi connectivity index (χ2n) is 5.08. The first kappa shape index (κ1) is 15.4. The van der Waals surface area contributed by atoms with Crippen molar-refractivity contribution in [1.82, 2.24) is 10.3 Å². The first-order chi connectivity index (χ1) is 11.6. The first-order valence-corrected chi connectivity index (χ1v) is 6.99. The molecule has 3 aromatic rings. The number of rotatable bonds is 6. The number of carboxylic acids is 1. The summed E-state index contributed by atoms with van der Waals surface area (Å²) in [6, 6.07) is 10.8. The topological polar surface area (TPSA) is 131 Å². The van der Waals surface area contributed by atoms with Crippen LogP contribution in [0.4, 0.5) is 11.4 Å². The van der Waals surface area contributed by atoms with E-state index < -0.39 is 16.9 Å². The van der Waals surface area contributed by atoms with Crippen LogP contribution in [-0.2, 0) is 11.2 Å². The van der Waals surface area contributed by atoms with E-state index in [1.165, 1.54) is 12.1 Å². The first-order valence-electron chi connectivity index (χ1n) is 6.99. The maximum Gasteiger partial charge on any atom is 0.326 e. The average molecular weight is 328 g/mol. The highest BCUT2D eigenvalue weighted by Gasteiger charge is 2.26. The molecule has 1 heterocycles. The van der Waals surface area contributed by atoms with Gasteiger partial charge in [-0.1, -0.05) is 30.3 Å². The molecule has 24 heavy (non-hydrogen) atoms. The van der Waals surface area contributed by atoms with Crippen molar-refractivity contribution in [2.45, 2.75) is 12.5 Å². The van der Waals surface area contributed by atoms with Gasteiger partial charge in [-0.05, 0) is 28.0 Å². The van der Waals surface area contributed by atoms with Gasteiger partial charge in [-0.15, -0.1) is 0 Å². The second kappa shape index (κ2) is 6.32. The normalized spacial score (nSPS) is 12.0. The Morgan fingerprint density at radius 1 is 1.25 bits per heavy atom. The van der Waals surface area contributed by atoms with E-state index in [0.29, 0.717) is 0 Å². The third-order valence-corrected chi connectivity index (χ3v) is 3.49. The number of hydrogen-bond acceptors (Lipinski definition) is 7. The molecule has 3 rings (SSSR count). The Kier molecular flexibility index (Phi) is 4.06. The number of anilines is 1. The molecule has 0 amide bonds. The van der Waals surface area contributed by atoms with Gasteiger partial charge in [0.05, 0.1) is 4.92 Å². The number of carboxylic acid groups (broad SMARTS) is 1. The molecule has 0 bridgehead atoms. The van der Waals surface area contributed by atoms with Gasteiger partial charge in [0.25, 0.3) is 0 Å². The lowest BCUT2D eigenvalue weighted by Gasteiger charge is -2.15. The predicted octanol–water partition coefficient (Wildman–Crippen LogP) is 2.24. The molecule has 1 atom stereocenters. The largest absolute Gasteiger partial charge is 0.480 e. The molecule has 2 N–H and O–H groups in total. The van der Waals surface area contributed by atoms with Crippen molar-refractivity contribution in [2.24, 2.45) is 0 Å². The van der Waals surface area contributed by atoms with Gasteiger partial charge in [0.2, 0.25) is 5.52 Å². The van der Waals surface area contributed by atoms with E-state index in [-0.39, 0.29) is 28.8 Å². The summed E-state index contributed by atoms with van der Waals surface area (Å²) in [5.74, 6) is -1.12. The van der Waals surface area contributed by atoms with Crippen LogP contribution in [0, 0.1) is 10.1 Å². The molecule has 0 radical (unpaired) electrons. The number of benzene rings is 2. The summed E-state index contributed by atoms with van der Waals surface area (Å²) >= 11 is 0.